The van der Waals surface area contributed by atoms with Crippen LogP contribution in [0.4, 0.5) is 13.2 Å². The number of hydrogen-bond donors (Lipinski definition) is 0. The van der Waals surface area contributed by atoms with Crippen LogP contribution in [0, 0.1) is 39.0 Å². The van der Waals surface area contributed by atoms with Crippen LogP contribution in [0.5, 0.6) is 0 Å². The fraction of sp³-hybridized carbons (Fsp3) is 0.119. The summed E-state index contributed by atoms with van der Waals surface area (Å²) < 4.78 is 49.2. The molecule has 0 saturated carbocycles. The van der Waals surface area contributed by atoms with Crippen molar-refractivity contribution in [3.63, 3.8) is 0 Å². The Bertz CT molecular complexity index is 2400. The number of rotatable bonds is 3. The van der Waals surface area contributed by atoms with Crippen LogP contribution in [-0.4, -0.2) is 9.13 Å². The van der Waals surface area contributed by atoms with E-state index in [1.807, 2.05) is 76.2 Å². The molecule has 0 spiro atoms. The van der Waals surface area contributed by atoms with Crippen LogP contribution in [0.2, 0.25) is 0 Å². The standard InChI is InChI=1S/C42H30F3N3/c1-24-11-7-16-29-30-17-8-12-25(2)39(30)47(38(24)29)35-21-28(23-46)22-36(37(35)33-15-5-6-20-34(33)42(43,44)45)48-40-26(3)13-9-18-31(40)32-19-10-14-27(4)41(32)48/h5-22H,1-4H3. The predicted molar refractivity (Wildman–Crippen MR) is 189 cm³/mol. The van der Waals surface area contributed by atoms with Gasteiger partial charge in [-0.2, -0.15) is 18.4 Å². The molecular weight excluding hydrogens is 603 g/mol. The number of nitriles is 1. The molecule has 0 fully saturated rings. The average molecular weight is 634 g/mol. The number of alkyl halides is 3. The molecule has 0 bridgehead atoms. The predicted octanol–water partition coefficient (Wildman–Crippen LogP) is 11.7. The number of hydrogen-bond acceptors (Lipinski definition) is 1. The number of para-hydroxylation sites is 4. The van der Waals surface area contributed by atoms with Crippen molar-refractivity contribution in [1.82, 2.24) is 9.13 Å². The van der Waals surface area contributed by atoms with E-state index in [0.717, 1.165) is 71.9 Å². The smallest absolute Gasteiger partial charge is 0.308 e. The van der Waals surface area contributed by atoms with Gasteiger partial charge in [0.2, 0.25) is 0 Å². The zero-order valence-corrected chi connectivity index (χ0v) is 26.9. The Hall–Kier alpha value is -5.80. The molecule has 48 heavy (non-hydrogen) atoms. The number of aryl methyl sites for hydroxylation is 4. The van der Waals surface area contributed by atoms with Gasteiger partial charge in [-0.25, -0.2) is 0 Å². The Morgan fingerprint density at radius 3 is 1.25 bits per heavy atom. The maximum atomic E-state index is 15.0. The summed E-state index contributed by atoms with van der Waals surface area (Å²) in [6, 6.07) is 35.9. The van der Waals surface area contributed by atoms with Crippen LogP contribution in [0.1, 0.15) is 33.4 Å². The normalized spacial score (nSPS) is 12.0. The highest BCUT2D eigenvalue weighted by Gasteiger charge is 2.36. The van der Waals surface area contributed by atoms with E-state index in [0.29, 0.717) is 22.5 Å². The quantitative estimate of drug-likeness (QED) is 0.191. The lowest BCUT2D eigenvalue weighted by Crippen LogP contribution is -2.11. The Morgan fingerprint density at radius 2 is 0.896 bits per heavy atom. The summed E-state index contributed by atoms with van der Waals surface area (Å²) >= 11 is 0. The van der Waals surface area contributed by atoms with E-state index in [4.69, 9.17) is 0 Å². The van der Waals surface area contributed by atoms with Crippen molar-refractivity contribution in [2.24, 2.45) is 0 Å². The monoisotopic (exact) mass is 633 g/mol. The minimum Gasteiger partial charge on any atom is -0.308 e. The maximum absolute atomic E-state index is 15.0. The molecule has 0 aliphatic carbocycles. The average Bonchev–Trinajstić information content (AvgIpc) is 3.60. The molecule has 2 heterocycles. The van der Waals surface area contributed by atoms with Gasteiger partial charge in [0.05, 0.1) is 50.6 Å². The van der Waals surface area contributed by atoms with Crippen molar-refractivity contribution < 1.29 is 13.2 Å². The van der Waals surface area contributed by atoms with Gasteiger partial charge in [0, 0.05) is 27.1 Å². The molecule has 0 unspecified atom stereocenters. The van der Waals surface area contributed by atoms with Gasteiger partial charge in [-0.05, 0) is 73.7 Å². The summed E-state index contributed by atoms with van der Waals surface area (Å²) in [6.07, 6.45) is -4.63. The molecule has 234 valence electrons. The second kappa shape index (κ2) is 10.6. The highest BCUT2D eigenvalue weighted by Crippen LogP contribution is 2.47. The Kier molecular flexibility index (Phi) is 6.54. The van der Waals surface area contributed by atoms with Gasteiger partial charge >= 0.3 is 6.18 Å². The highest BCUT2D eigenvalue weighted by atomic mass is 19.4. The highest BCUT2D eigenvalue weighted by molar-refractivity contribution is 6.14. The summed E-state index contributed by atoms with van der Waals surface area (Å²) in [7, 11) is 0. The molecule has 0 aliphatic rings. The minimum absolute atomic E-state index is 0.0498. The molecule has 6 aromatic carbocycles. The van der Waals surface area contributed by atoms with Crippen molar-refractivity contribution >= 4 is 43.6 Å². The molecule has 0 N–H and O–H groups in total. The topological polar surface area (TPSA) is 33.6 Å². The molecule has 6 heteroatoms. The van der Waals surface area contributed by atoms with Crippen LogP contribution in [-0.2, 0) is 6.18 Å². The van der Waals surface area contributed by atoms with E-state index in [1.54, 1.807) is 24.3 Å². The van der Waals surface area contributed by atoms with Crippen LogP contribution in [0.25, 0.3) is 66.1 Å². The van der Waals surface area contributed by atoms with E-state index >= 15 is 13.2 Å². The second-order valence-electron chi connectivity index (χ2n) is 12.6. The van der Waals surface area contributed by atoms with Crippen LogP contribution in [0.15, 0.2) is 109 Å². The third-order valence-electron chi connectivity index (χ3n) is 9.64. The molecule has 0 atom stereocenters. The number of aromatic nitrogens is 2. The molecular formula is C42H30F3N3. The lowest BCUT2D eigenvalue weighted by Gasteiger charge is -2.24. The largest absolute Gasteiger partial charge is 0.417 e. The Balaban J connectivity index is 1.69. The molecule has 0 amide bonds. The van der Waals surface area contributed by atoms with E-state index in [1.165, 1.54) is 6.07 Å². The van der Waals surface area contributed by atoms with Gasteiger partial charge in [0.1, 0.15) is 0 Å². The molecule has 0 saturated heterocycles. The summed E-state index contributed by atoms with van der Waals surface area (Å²) in [5.41, 5.74) is 8.57. The summed E-state index contributed by atoms with van der Waals surface area (Å²) in [5.74, 6) is 0. The summed E-state index contributed by atoms with van der Waals surface area (Å²) in [4.78, 5) is 0. The molecule has 0 radical (unpaired) electrons. The molecule has 2 aromatic heterocycles. The van der Waals surface area contributed by atoms with E-state index in [-0.39, 0.29) is 5.56 Å². The van der Waals surface area contributed by atoms with Crippen molar-refractivity contribution in [1.29, 1.82) is 5.26 Å². The van der Waals surface area contributed by atoms with Gasteiger partial charge in [-0.3, -0.25) is 0 Å². The number of fused-ring (bicyclic) bond motifs is 6. The van der Waals surface area contributed by atoms with Crippen molar-refractivity contribution in [3.05, 3.63) is 143 Å². The Morgan fingerprint density at radius 1 is 0.521 bits per heavy atom. The van der Waals surface area contributed by atoms with Gasteiger partial charge in [0.25, 0.3) is 0 Å². The van der Waals surface area contributed by atoms with Gasteiger partial charge < -0.3 is 9.13 Å². The third kappa shape index (κ3) is 4.21. The zero-order valence-electron chi connectivity index (χ0n) is 26.9. The minimum atomic E-state index is -4.63. The first-order chi connectivity index (χ1) is 23.1. The zero-order chi connectivity index (χ0) is 33.5. The maximum Gasteiger partial charge on any atom is 0.417 e. The number of nitrogens with zero attached hydrogens (tertiary/aromatic N) is 3. The Labute approximate surface area is 275 Å². The van der Waals surface area contributed by atoms with Crippen molar-refractivity contribution in [3.8, 4) is 28.6 Å². The lowest BCUT2D eigenvalue weighted by molar-refractivity contribution is -0.137. The first kappa shape index (κ1) is 29.6. The van der Waals surface area contributed by atoms with Gasteiger partial charge in [-0.1, -0.05) is 91.0 Å². The fourth-order valence-electron chi connectivity index (χ4n) is 7.65. The van der Waals surface area contributed by atoms with E-state index < -0.39 is 11.7 Å². The van der Waals surface area contributed by atoms with Crippen LogP contribution < -0.4 is 0 Å². The number of benzene rings is 6. The van der Waals surface area contributed by atoms with Crippen LogP contribution in [0.3, 0.4) is 0 Å². The SMILES string of the molecule is Cc1cccc2c3cccc(C)c3n(-c3cc(C#N)cc(-n4c5c(C)cccc5c5cccc(C)c54)c3-c3ccccc3C(F)(F)F)c12. The van der Waals surface area contributed by atoms with Crippen molar-refractivity contribution in [2.45, 2.75) is 33.9 Å². The first-order valence-electron chi connectivity index (χ1n) is 15.8. The first-order valence-corrected chi connectivity index (χ1v) is 15.8. The van der Waals surface area contributed by atoms with Crippen LogP contribution >= 0.6 is 0 Å². The van der Waals surface area contributed by atoms with Gasteiger partial charge in [-0.15, -0.1) is 0 Å². The summed E-state index contributed by atoms with van der Waals surface area (Å²) in [5, 5.41) is 14.5. The fourth-order valence-corrected chi connectivity index (χ4v) is 7.65. The summed E-state index contributed by atoms with van der Waals surface area (Å²) in [6.45, 7) is 8.08. The molecule has 3 nitrogen and oxygen atoms in total. The number of halogens is 3. The van der Waals surface area contributed by atoms with Gasteiger partial charge in [0.15, 0.2) is 0 Å². The van der Waals surface area contributed by atoms with E-state index in [9.17, 15) is 5.26 Å². The molecule has 8 aromatic rings. The molecule has 8 rings (SSSR count). The third-order valence-corrected chi connectivity index (χ3v) is 9.64. The second-order valence-corrected chi connectivity index (χ2v) is 12.6. The van der Waals surface area contributed by atoms with E-state index in [2.05, 4.69) is 39.5 Å². The lowest BCUT2D eigenvalue weighted by atomic mass is 9.93. The molecule has 0 aliphatic heterocycles. The van der Waals surface area contributed by atoms with Crippen molar-refractivity contribution in [2.75, 3.05) is 0 Å².